The van der Waals surface area contributed by atoms with Crippen LogP contribution in [0.2, 0.25) is 0 Å². The fraction of sp³-hybridized carbons (Fsp3) is 0.312. The first-order valence-electron chi connectivity index (χ1n) is 7.58. The summed E-state index contributed by atoms with van der Waals surface area (Å²) in [5, 5.41) is 0.948. The Morgan fingerprint density at radius 3 is 2.88 bits per heavy atom. The summed E-state index contributed by atoms with van der Waals surface area (Å²) < 4.78 is 28.1. The van der Waals surface area contributed by atoms with Crippen LogP contribution < -0.4 is 0 Å². The van der Waals surface area contributed by atoms with Gasteiger partial charge < -0.3 is 4.90 Å². The molecule has 5 nitrogen and oxygen atoms in total. The van der Waals surface area contributed by atoms with Crippen LogP contribution in [0.4, 0.5) is 8.78 Å². The molecule has 4 rings (SSSR count). The highest BCUT2D eigenvalue weighted by molar-refractivity contribution is 7.99. The number of halogens is 2. The second-order valence-electron chi connectivity index (χ2n) is 5.72. The van der Waals surface area contributed by atoms with E-state index in [1.165, 1.54) is 18.1 Å². The Balaban J connectivity index is 1.79. The minimum atomic E-state index is -2.65. The first kappa shape index (κ1) is 15.5. The van der Waals surface area contributed by atoms with Crippen LogP contribution >= 0.6 is 11.8 Å². The third kappa shape index (κ3) is 2.65. The summed E-state index contributed by atoms with van der Waals surface area (Å²) in [6.07, 6.45) is 2.34. The summed E-state index contributed by atoms with van der Waals surface area (Å²) in [5.41, 5.74) is 2.98. The van der Waals surface area contributed by atoms with Crippen molar-refractivity contribution in [2.24, 2.45) is 0 Å². The molecule has 0 bridgehead atoms. The highest BCUT2D eigenvalue weighted by atomic mass is 32.2. The largest absolute Gasteiger partial charge is 0.321 e. The Kier molecular flexibility index (Phi) is 3.93. The van der Waals surface area contributed by atoms with Crippen molar-refractivity contribution in [2.45, 2.75) is 29.7 Å². The lowest BCUT2D eigenvalue weighted by Gasteiger charge is -2.25. The molecule has 0 aliphatic carbocycles. The fourth-order valence-corrected chi connectivity index (χ4v) is 3.91. The highest BCUT2D eigenvalue weighted by Crippen LogP contribution is 2.35. The second kappa shape index (κ2) is 6.10. The van der Waals surface area contributed by atoms with Gasteiger partial charge in [-0.25, -0.2) is 15.0 Å². The lowest BCUT2D eigenvalue weighted by Crippen LogP contribution is -2.28. The van der Waals surface area contributed by atoms with Crippen molar-refractivity contribution < 1.29 is 8.78 Å². The van der Waals surface area contributed by atoms with Gasteiger partial charge in [-0.05, 0) is 30.9 Å². The van der Waals surface area contributed by atoms with E-state index in [2.05, 4.69) is 19.9 Å². The van der Waals surface area contributed by atoms with E-state index >= 15 is 0 Å². The third-order valence-electron chi connectivity index (χ3n) is 4.10. The average Bonchev–Trinajstić information content (AvgIpc) is 2.93. The van der Waals surface area contributed by atoms with E-state index < -0.39 is 6.55 Å². The molecule has 0 amide bonds. The molecular weight excluding hydrogens is 332 g/mol. The molecule has 1 aliphatic rings. The van der Waals surface area contributed by atoms with Gasteiger partial charge in [-0.1, -0.05) is 12.1 Å². The number of rotatable bonds is 3. The maximum Gasteiger partial charge on any atom is 0.321 e. The molecule has 1 aromatic carbocycles. The van der Waals surface area contributed by atoms with Crippen LogP contribution in [-0.2, 0) is 13.0 Å². The summed E-state index contributed by atoms with van der Waals surface area (Å²) in [5.74, 6) is 0. The summed E-state index contributed by atoms with van der Waals surface area (Å²) in [6.45, 7) is -1.00. The summed E-state index contributed by atoms with van der Waals surface area (Å²) in [6, 6.07) is 6.92. The lowest BCUT2D eigenvalue weighted by molar-refractivity contribution is 0.0656. The zero-order valence-corrected chi connectivity index (χ0v) is 13.8. The van der Waals surface area contributed by atoms with E-state index in [0.717, 1.165) is 28.8 Å². The van der Waals surface area contributed by atoms with E-state index in [4.69, 9.17) is 0 Å². The van der Waals surface area contributed by atoms with Gasteiger partial charge >= 0.3 is 6.55 Å². The van der Waals surface area contributed by atoms with Crippen LogP contribution in [0, 0.1) is 0 Å². The molecule has 3 aromatic rings. The number of fused-ring (bicyclic) bond motifs is 2. The van der Waals surface area contributed by atoms with Crippen molar-refractivity contribution >= 4 is 22.8 Å². The van der Waals surface area contributed by atoms with E-state index in [-0.39, 0.29) is 5.16 Å². The maximum atomic E-state index is 13.6. The first-order valence-corrected chi connectivity index (χ1v) is 8.39. The summed E-state index contributed by atoms with van der Waals surface area (Å²) in [4.78, 5) is 15.2. The predicted molar refractivity (Wildman–Crippen MR) is 87.2 cm³/mol. The molecule has 1 aliphatic heterocycles. The molecule has 2 aromatic heterocycles. The number of hydrogen-bond acceptors (Lipinski definition) is 5. The van der Waals surface area contributed by atoms with Crippen LogP contribution in [0.5, 0.6) is 0 Å². The van der Waals surface area contributed by atoms with Gasteiger partial charge in [-0.15, -0.1) is 0 Å². The molecule has 8 heteroatoms. The van der Waals surface area contributed by atoms with Crippen molar-refractivity contribution in [3.05, 3.63) is 41.9 Å². The number of para-hydroxylation sites is 2. The van der Waals surface area contributed by atoms with Crippen molar-refractivity contribution in [1.82, 2.24) is 24.4 Å². The molecule has 0 radical (unpaired) electrons. The topological polar surface area (TPSA) is 46.8 Å². The molecule has 24 heavy (non-hydrogen) atoms. The predicted octanol–water partition coefficient (Wildman–Crippen LogP) is 3.36. The maximum absolute atomic E-state index is 13.6. The van der Waals surface area contributed by atoms with Crippen LogP contribution in [0.15, 0.2) is 40.8 Å². The molecule has 0 unspecified atom stereocenters. The van der Waals surface area contributed by atoms with E-state index in [1.54, 1.807) is 24.3 Å². The van der Waals surface area contributed by atoms with Crippen LogP contribution in [0.25, 0.3) is 11.0 Å². The van der Waals surface area contributed by atoms with Gasteiger partial charge in [-0.2, -0.15) is 8.78 Å². The Bertz CT molecular complexity index is 895. The van der Waals surface area contributed by atoms with Gasteiger partial charge in [0.2, 0.25) is 0 Å². The second-order valence-corrected chi connectivity index (χ2v) is 6.68. The number of hydrogen-bond donors (Lipinski definition) is 0. The van der Waals surface area contributed by atoms with Gasteiger partial charge in [0, 0.05) is 25.1 Å². The Morgan fingerprint density at radius 2 is 2.04 bits per heavy atom. The Labute approximate surface area is 141 Å². The fourth-order valence-electron chi connectivity index (χ4n) is 2.91. The number of nitrogens with zero attached hydrogens (tertiary/aromatic N) is 5. The molecule has 0 saturated carbocycles. The minimum Gasteiger partial charge on any atom is -0.302 e. The number of aromatic nitrogens is 4. The zero-order chi connectivity index (χ0) is 16.7. The molecule has 0 N–H and O–H groups in total. The smallest absolute Gasteiger partial charge is 0.302 e. The number of benzene rings is 1. The first-order chi connectivity index (χ1) is 11.6. The van der Waals surface area contributed by atoms with Gasteiger partial charge in [-0.3, -0.25) is 4.57 Å². The molecule has 124 valence electrons. The molecular formula is C16H15F2N5S. The van der Waals surface area contributed by atoms with Gasteiger partial charge in [0.25, 0.3) is 0 Å². The highest BCUT2D eigenvalue weighted by Gasteiger charge is 2.23. The van der Waals surface area contributed by atoms with Crippen molar-refractivity contribution in [3.63, 3.8) is 0 Å². The van der Waals surface area contributed by atoms with Crippen LogP contribution in [0.3, 0.4) is 0 Å². The third-order valence-corrected chi connectivity index (χ3v) is 5.12. The minimum absolute atomic E-state index is 0.250. The molecule has 0 spiro atoms. The van der Waals surface area contributed by atoms with Crippen molar-refractivity contribution in [2.75, 3.05) is 13.6 Å². The van der Waals surface area contributed by atoms with Crippen LogP contribution in [-0.4, -0.2) is 38.0 Å². The Morgan fingerprint density at radius 1 is 1.21 bits per heavy atom. The van der Waals surface area contributed by atoms with Crippen molar-refractivity contribution in [3.8, 4) is 0 Å². The summed E-state index contributed by atoms with van der Waals surface area (Å²) >= 11 is 1.18. The Hall–Kier alpha value is -2.06. The standard InChI is InChI=1S/C16H15F2N5S/c1-22-7-6-11-10(8-22)14(20-9-19-11)24-16-21-12-4-2-3-5-13(12)23(16)15(17)18/h2-5,9,15H,6-8H2,1H3. The normalized spacial score (nSPS) is 15.2. The average molecular weight is 347 g/mol. The van der Waals surface area contributed by atoms with E-state index in [0.29, 0.717) is 22.6 Å². The van der Waals surface area contributed by atoms with Gasteiger partial charge in [0.05, 0.1) is 16.7 Å². The number of likely N-dealkylation sites (N-methyl/N-ethyl adjacent to an activating group) is 1. The molecule has 0 saturated heterocycles. The van der Waals surface area contributed by atoms with E-state index in [1.807, 2.05) is 7.05 Å². The monoisotopic (exact) mass is 347 g/mol. The van der Waals surface area contributed by atoms with Crippen LogP contribution in [0.1, 0.15) is 17.8 Å². The summed E-state index contributed by atoms with van der Waals surface area (Å²) in [7, 11) is 2.03. The van der Waals surface area contributed by atoms with Gasteiger partial charge in [0.15, 0.2) is 5.16 Å². The molecule has 0 fully saturated rings. The SMILES string of the molecule is CN1CCc2ncnc(Sc3nc4ccccc4n3C(F)F)c2C1. The number of imidazole rings is 1. The number of alkyl halides is 2. The molecule has 3 heterocycles. The van der Waals surface area contributed by atoms with E-state index in [9.17, 15) is 8.78 Å². The quantitative estimate of drug-likeness (QED) is 0.680. The van der Waals surface area contributed by atoms with Crippen molar-refractivity contribution in [1.29, 1.82) is 0 Å². The molecule has 0 atom stereocenters. The lowest BCUT2D eigenvalue weighted by atomic mass is 10.1. The zero-order valence-electron chi connectivity index (χ0n) is 13.0. The van der Waals surface area contributed by atoms with Gasteiger partial charge in [0.1, 0.15) is 11.4 Å².